The van der Waals surface area contributed by atoms with Gasteiger partial charge in [-0.1, -0.05) is 0 Å². The minimum absolute atomic E-state index is 0.0468. The van der Waals surface area contributed by atoms with Crippen LogP contribution in [0.1, 0.15) is 6.42 Å². The first kappa shape index (κ1) is 15.0. The Morgan fingerprint density at radius 2 is 2.05 bits per heavy atom. The third-order valence-corrected chi connectivity index (χ3v) is 3.73. The van der Waals surface area contributed by atoms with E-state index in [1.807, 2.05) is 12.1 Å². The topological polar surface area (TPSA) is 79.9 Å². The van der Waals surface area contributed by atoms with Gasteiger partial charge < -0.3 is 19.7 Å². The van der Waals surface area contributed by atoms with Gasteiger partial charge in [0.1, 0.15) is 6.61 Å². The van der Waals surface area contributed by atoms with E-state index in [2.05, 4.69) is 10.6 Å². The summed E-state index contributed by atoms with van der Waals surface area (Å²) < 4.78 is 10.3. The van der Waals surface area contributed by atoms with Crippen LogP contribution in [-0.2, 0) is 19.1 Å². The second-order valence-corrected chi connectivity index (χ2v) is 5.23. The van der Waals surface area contributed by atoms with Crippen molar-refractivity contribution in [1.29, 1.82) is 0 Å². The van der Waals surface area contributed by atoms with Gasteiger partial charge in [0.05, 0.1) is 26.0 Å². The summed E-state index contributed by atoms with van der Waals surface area (Å²) in [6.45, 7) is 2.20. The fraction of sp³-hybridized carbons (Fsp3) is 0.467. The van der Waals surface area contributed by atoms with Crippen LogP contribution in [-0.4, -0.2) is 51.0 Å². The Labute approximate surface area is 128 Å². The molecule has 2 aliphatic heterocycles. The Hall–Kier alpha value is -1.96. The minimum atomic E-state index is -0.228. The van der Waals surface area contributed by atoms with Crippen molar-refractivity contribution in [2.24, 2.45) is 0 Å². The highest BCUT2D eigenvalue weighted by molar-refractivity contribution is 5.96. The highest BCUT2D eigenvalue weighted by atomic mass is 16.5. The summed E-state index contributed by atoms with van der Waals surface area (Å²) in [7, 11) is 0. The van der Waals surface area contributed by atoms with Gasteiger partial charge in [-0.3, -0.25) is 14.9 Å². The van der Waals surface area contributed by atoms with Crippen LogP contribution in [0, 0.1) is 0 Å². The van der Waals surface area contributed by atoms with Gasteiger partial charge in [0, 0.05) is 17.9 Å². The van der Waals surface area contributed by atoms with E-state index in [4.69, 9.17) is 9.47 Å². The van der Waals surface area contributed by atoms with Crippen molar-refractivity contribution in [3.8, 4) is 0 Å². The molecular formula is C15H19N3O4. The molecule has 22 heavy (non-hydrogen) atoms. The third kappa shape index (κ3) is 3.44. The number of amides is 2. The number of carbonyl (C=O) groups is 2. The summed E-state index contributed by atoms with van der Waals surface area (Å²) in [5, 5.41) is 5.87. The quantitative estimate of drug-likeness (QED) is 0.841. The maximum absolute atomic E-state index is 12.1. The lowest BCUT2D eigenvalue weighted by Crippen LogP contribution is -2.45. The second kappa shape index (κ2) is 6.87. The smallest absolute Gasteiger partial charge is 0.253 e. The summed E-state index contributed by atoms with van der Waals surface area (Å²) in [4.78, 5) is 25.6. The van der Waals surface area contributed by atoms with Crippen LogP contribution < -0.4 is 15.5 Å². The molecular weight excluding hydrogens is 286 g/mol. The molecule has 118 valence electrons. The van der Waals surface area contributed by atoms with Crippen molar-refractivity contribution in [1.82, 2.24) is 5.32 Å². The molecule has 0 aromatic heterocycles. The lowest BCUT2D eigenvalue weighted by atomic mass is 10.1. The maximum atomic E-state index is 12.1. The molecule has 1 aromatic carbocycles. The third-order valence-electron chi connectivity index (χ3n) is 3.73. The average Bonchev–Trinajstić information content (AvgIpc) is 2.57. The SMILES string of the molecule is O=C(Nc1ccc(N2CCOCC2=O)cc1)C1CCOCN1. The molecule has 2 saturated heterocycles. The Morgan fingerprint density at radius 3 is 2.73 bits per heavy atom. The highest BCUT2D eigenvalue weighted by Gasteiger charge is 2.22. The van der Waals surface area contributed by atoms with Crippen molar-refractivity contribution in [3.63, 3.8) is 0 Å². The van der Waals surface area contributed by atoms with E-state index < -0.39 is 0 Å². The molecule has 2 heterocycles. The molecule has 0 spiro atoms. The molecule has 2 N–H and O–H groups in total. The van der Waals surface area contributed by atoms with Gasteiger partial charge in [0.2, 0.25) is 5.91 Å². The van der Waals surface area contributed by atoms with Crippen LogP contribution in [0.5, 0.6) is 0 Å². The summed E-state index contributed by atoms with van der Waals surface area (Å²) in [6, 6.07) is 7.03. The molecule has 2 amide bonds. The van der Waals surface area contributed by atoms with Gasteiger partial charge in [-0.2, -0.15) is 0 Å². The number of hydrogen-bond acceptors (Lipinski definition) is 5. The zero-order chi connectivity index (χ0) is 15.4. The van der Waals surface area contributed by atoms with E-state index in [1.165, 1.54) is 0 Å². The van der Waals surface area contributed by atoms with Crippen molar-refractivity contribution >= 4 is 23.2 Å². The van der Waals surface area contributed by atoms with Gasteiger partial charge in [-0.15, -0.1) is 0 Å². The molecule has 1 atom stereocenters. The first-order valence-electron chi connectivity index (χ1n) is 7.34. The summed E-state index contributed by atoms with van der Waals surface area (Å²) in [5.74, 6) is -0.118. The number of anilines is 2. The van der Waals surface area contributed by atoms with Crippen LogP contribution in [0.15, 0.2) is 24.3 Å². The lowest BCUT2D eigenvalue weighted by Gasteiger charge is -2.27. The number of benzene rings is 1. The standard InChI is InChI=1S/C15H19N3O4/c19-14-9-21-8-6-18(14)12-3-1-11(2-4-12)17-15(20)13-5-7-22-10-16-13/h1-4,13,16H,5-10H2,(H,17,20). The number of ether oxygens (including phenoxy) is 2. The van der Waals surface area contributed by atoms with Gasteiger partial charge in [0.25, 0.3) is 5.91 Å². The van der Waals surface area contributed by atoms with Crippen LogP contribution >= 0.6 is 0 Å². The Morgan fingerprint density at radius 1 is 1.23 bits per heavy atom. The zero-order valence-electron chi connectivity index (χ0n) is 12.2. The van der Waals surface area contributed by atoms with Gasteiger partial charge in [0.15, 0.2) is 0 Å². The van der Waals surface area contributed by atoms with Crippen LogP contribution in [0.4, 0.5) is 11.4 Å². The first-order valence-corrected chi connectivity index (χ1v) is 7.34. The number of morpholine rings is 1. The number of carbonyl (C=O) groups excluding carboxylic acids is 2. The first-order chi connectivity index (χ1) is 10.7. The largest absolute Gasteiger partial charge is 0.370 e. The number of nitrogens with one attached hydrogen (secondary N) is 2. The van der Waals surface area contributed by atoms with E-state index >= 15 is 0 Å². The second-order valence-electron chi connectivity index (χ2n) is 5.23. The average molecular weight is 305 g/mol. The lowest BCUT2D eigenvalue weighted by molar-refractivity contribution is -0.125. The van der Waals surface area contributed by atoms with E-state index in [1.54, 1.807) is 17.0 Å². The Balaban J connectivity index is 1.61. The summed E-state index contributed by atoms with van der Waals surface area (Å²) in [6.07, 6.45) is 0.659. The fourth-order valence-corrected chi connectivity index (χ4v) is 2.50. The zero-order valence-corrected chi connectivity index (χ0v) is 12.2. The monoisotopic (exact) mass is 305 g/mol. The molecule has 0 aliphatic carbocycles. The molecule has 7 nitrogen and oxygen atoms in total. The number of rotatable bonds is 3. The number of hydrogen-bond donors (Lipinski definition) is 2. The van der Waals surface area contributed by atoms with Crippen LogP contribution in [0.25, 0.3) is 0 Å². The minimum Gasteiger partial charge on any atom is -0.370 e. The van der Waals surface area contributed by atoms with E-state index in [-0.39, 0.29) is 24.5 Å². The van der Waals surface area contributed by atoms with Crippen molar-refractivity contribution < 1.29 is 19.1 Å². The molecule has 0 bridgehead atoms. The molecule has 0 radical (unpaired) electrons. The van der Waals surface area contributed by atoms with Crippen molar-refractivity contribution in [3.05, 3.63) is 24.3 Å². The highest BCUT2D eigenvalue weighted by Crippen LogP contribution is 2.20. The summed E-state index contributed by atoms with van der Waals surface area (Å²) >= 11 is 0. The number of nitrogens with zero attached hydrogens (tertiary/aromatic N) is 1. The van der Waals surface area contributed by atoms with Crippen molar-refractivity contribution in [2.75, 3.05) is 43.3 Å². The van der Waals surface area contributed by atoms with Gasteiger partial charge >= 0.3 is 0 Å². The molecule has 2 aliphatic rings. The molecule has 0 saturated carbocycles. The Kier molecular flexibility index (Phi) is 4.67. The van der Waals surface area contributed by atoms with Gasteiger partial charge in [-0.25, -0.2) is 0 Å². The molecule has 1 unspecified atom stereocenters. The Bertz CT molecular complexity index is 540. The van der Waals surface area contributed by atoms with Crippen molar-refractivity contribution in [2.45, 2.75) is 12.5 Å². The van der Waals surface area contributed by atoms with E-state index in [0.29, 0.717) is 38.6 Å². The fourth-order valence-electron chi connectivity index (χ4n) is 2.50. The molecule has 3 rings (SSSR count). The van der Waals surface area contributed by atoms with Crippen LogP contribution in [0.3, 0.4) is 0 Å². The van der Waals surface area contributed by atoms with E-state index in [9.17, 15) is 9.59 Å². The molecule has 1 aromatic rings. The maximum Gasteiger partial charge on any atom is 0.253 e. The molecule has 2 fully saturated rings. The normalized spacial score (nSPS) is 22.5. The molecule has 7 heteroatoms. The predicted molar refractivity (Wildman–Crippen MR) is 80.6 cm³/mol. The predicted octanol–water partition coefficient (Wildman–Crippen LogP) is 0.324. The van der Waals surface area contributed by atoms with E-state index in [0.717, 1.165) is 5.69 Å². The van der Waals surface area contributed by atoms with Crippen LogP contribution in [0.2, 0.25) is 0 Å². The summed E-state index contributed by atoms with van der Waals surface area (Å²) in [5.41, 5.74) is 1.53. The van der Waals surface area contributed by atoms with Gasteiger partial charge in [-0.05, 0) is 30.7 Å².